The normalized spacial score (nSPS) is 22.4. The van der Waals surface area contributed by atoms with Crippen LogP contribution in [0.4, 0.5) is 0 Å². The number of hydrogen-bond acceptors (Lipinski definition) is 4. The third kappa shape index (κ3) is 2.82. The Balaban J connectivity index is 2.42. The van der Waals surface area contributed by atoms with Crippen molar-refractivity contribution >= 4 is 10.0 Å². The summed E-state index contributed by atoms with van der Waals surface area (Å²) in [6, 6.07) is 6.40. The molecule has 0 spiro atoms. The molecule has 0 radical (unpaired) electrons. The maximum absolute atomic E-state index is 12.9. The van der Waals surface area contributed by atoms with Crippen molar-refractivity contribution in [2.45, 2.75) is 43.2 Å². The molecule has 2 rings (SSSR count). The minimum atomic E-state index is -3.57. The summed E-state index contributed by atoms with van der Waals surface area (Å²) in [4.78, 5) is 0.218. The molecule has 1 saturated heterocycles. The van der Waals surface area contributed by atoms with Gasteiger partial charge in [-0.1, -0.05) is 18.6 Å². The lowest BCUT2D eigenvalue weighted by Crippen LogP contribution is -2.51. The zero-order chi connectivity index (χ0) is 14.8. The van der Waals surface area contributed by atoms with Gasteiger partial charge in [0, 0.05) is 18.6 Å². The Kier molecular flexibility index (Phi) is 4.67. The molecule has 1 aromatic rings. The molecule has 6 heteroatoms. The summed E-state index contributed by atoms with van der Waals surface area (Å²) in [5.41, 5.74) is 5.97. The van der Waals surface area contributed by atoms with Crippen molar-refractivity contribution in [3.63, 3.8) is 0 Å². The summed E-state index contributed by atoms with van der Waals surface area (Å²) in [6.45, 7) is 2.38. The van der Waals surface area contributed by atoms with Gasteiger partial charge in [0.15, 0.2) is 0 Å². The van der Waals surface area contributed by atoms with E-state index in [2.05, 4.69) is 0 Å². The topological polar surface area (TPSA) is 72.6 Å². The molecule has 5 nitrogen and oxygen atoms in total. The Morgan fingerprint density at radius 3 is 2.70 bits per heavy atom. The summed E-state index contributed by atoms with van der Waals surface area (Å²) < 4.78 is 32.5. The minimum Gasteiger partial charge on any atom is -0.495 e. The maximum atomic E-state index is 12.9. The van der Waals surface area contributed by atoms with Crippen LogP contribution in [0.5, 0.6) is 5.75 Å². The Morgan fingerprint density at radius 2 is 2.05 bits per heavy atom. The van der Waals surface area contributed by atoms with Gasteiger partial charge in [-0.05, 0) is 31.9 Å². The highest BCUT2D eigenvalue weighted by atomic mass is 32.2. The molecule has 1 aliphatic rings. The van der Waals surface area contributed by atoms with Gasteiger partial charge in [-0.2, -0.15) is 4.31 Å². The number of piperidine rings is 1. The van der Waals surface area contributed by atoms with Crippen molar-refractivity contribution < 1.29 is 13.2 Å². The molecule has 2 atom stereocenters. The maximum Gasteiger partial charge on any atom is 0.247 e. The monoisotopic (exact) mass is 298 g/mol. The molecule has 0 unspecified atom stereocenters. The van der Waals surface area contributed by atoms with Gasteiger partial charge in [-0.3, -0.25) is 0 Å². The van der Waals surface area contributed by atoms with E-state index in [0.29, 0.717) is 12.3 Å². The highest BCUT2D eigenvalue weighted by Crippen LogP contribution is 2.31. The molecule has 1 aliphatic heterocycles. The third-order valence-corrected chi connectivity index (χ3v) is 5.72. The average molecular weight is 298 g/mol. The predicted octanol–water partition coefficient (Wildman–Crippen LogP) is 1.59. The van der Waals surface area contributed by atoms with Crippen LogP contribution in [-0.4, -0.2) is 38.5 Å². The van der Waals surface area contributed by atoms with Gasteiger partial charge in [-0.15, -0.1) is 0 Å². The van der Waals surface area contributed by atoms with Crippen molar-refractivity contribution in [3.05, 3.63) is 24.3 Å². The fraction of sp³-hybridized carbons (Fsp3) is 0.571. The second kappa shape index (κ2) is 6.11. The van der Waals surface area contributed by atoms with Crippen LogP contribution in [0.3, 0.4) is 0 Å². The van der Waals surface area contributed by atoms with Crippen LogP contribution in [-0.2, 0) is 10.0 Å². The van der Waals surface area contributed by atoms with Gasteiger partial charge in [0.05, 0.1) is 7.11 Å². The Bertz CT molecular complexity index is 557. The van der Waals surface area contributed by atoms with E-state index >= 15 is 0 Å². The van der Waals surface area contributed by atoms with E-state index in [0.717, 1.165) is 19.3 Å². The fourth-order valence-corrected chi connectivity index (χ4v) is 4.64. The summed E-state index contributed by atoms with van der Waals surface area (Å²) >= 11 is 0. The summed E-state index contributed by atoms with van der Waals surface area (Å²) in [5, 5.41) is 0. The Hall–Kier alpha value is -1.11. The molecular formula is C14H22N2O3S. The number of methoxy groups -OCH3 is 1. The van der Waals surface area contributed by atoms with Crippen LogP contribution in [0.2, 0.25) is 0 Å². The number of benzene rings is 1. The van der Waals surface area contributed by atoms with Crippen molar-refractivity contribution in [1.82, 2.24) is 4.31 Å². The number of rotatable bonds is 4. The number of nitrogens with zero attached hydrogens (tertiary/aromatic N) is 1. The van der Waals surface area contributed by atoms with Crippen LogP contribution < -0.4 is 10.5 Å². The highest BCUT2D eigenvalue weighted by Gasteiger charge is 2.36. The third-order valence-electron chi connectivity index (χ3n) is 3.76. The molecule has 2 N–H and O–H groups in total. The SMILES string of the molecule is COc1ccccc1S(=O)(=O)N1CCCC[C@H]1[C@H](C)N. The lowest BCUT2D eigenvalue weighted by atomic mass is 10.00. The molecule has 1 heterocycles. The standard InChI is InChI=1S/C14H22N2O3S/c1-11(15)12-7-5-6-10-16(12)20(17,18)14-9-4-3-8-13(14)19-2/h3-4,8-9,11-12H,5-7,10,15H2,1-2H3/t11-,12-/m0/s1. The van der Waals surface area contributed by atoms with Crippen molar-refractivity contribution in [1.29, 1.82) is 0 Å². The molecule has 0 bridgehead atoms. The smallest absolute Gasteiger partial charge is 0.247 e. The number of nitrogens with two attached hydrogens (primary N) is 1. The van der Waals surface area contributed by atoms with E-state index in [1.54, 1.807) is 28.6 Å². The molecule has 20 heavy (non-hydrogen) atoms. The molecule has 112 valence electrons. The van der Waals surface area contributed by atoms with E-state index in [9.17, 15) is 8.42 Å². The molecule has 0 amide bonds. The summed E-state index contributed by atoms with van der Waals surface area (Å²) in [5.74, 6) is 0.376. The number of ether oxygens (including phenoxy) is 1. The van der Waals surface area contributed by atoms with E-state index in [-0.39, 0.29) is 17.0 Å². The van der Waals surface area contributed by atoms with Crippen molar-refractivity contribution in [2.75, 3.05) is 13.7 Å². The molecular weight excluding hydrogens is 276 g/mol. The van der Waals surface area contributed by atoms with Crippen molar-refractivity contribution in [2.24, 2.45) is 5.73 Å². The Morgan fingerprint density at radius 1 is 1.35 bits per heavy atom. The Labute approximate surface area is 120 Å². The number of sulfonamides is 1. The van der Waals surface area contributed by atoms with E-state index < -0.39 is 10.0 Å². The first kappa shape index (κ1) is 15.3. The first-order valence-electron chi connectivity index (χ1n) is 6.89. The second-order valence-corrected chi connectivity index (χ2v) is 7.05. The largest absolute Gasteiger partial charge is 0.495 e. The molecule has 0 saturated carbocycles. The highest BCUT2D eigenvalue weighted by molar-refractivity contribution is 7.89. The van der Waals surface area contributed by atoms with Crippen LogP contribution in [0.25, 0.3) is 0 Å². The van der Waals surface area contributed by atoms with Gasteiger partial charge in [-0.25, -0.2) is 8.42 Å². The van der Waals surface area contributed by atoms with E-state index in [1.165, 1.54) is 7.11 Å². The first-order chi connectivity index (χ1) is 9.48. The average Bonchev–Trinajstić information content (AvgIpc) is 2.47. The van der Waals surface area contributed by atoms with Gasteiger partial charge in [0.2, 0.25) is 10.0 Å². The molecule has 0 aromatic heterocycles. The van der Waals surface area contributed by atoms with Gasteiger partial charge < -0.3 is 10.5 Å². The van der Waals surface area contributed by atoms with Crippen LogP contribution >= 0.6 is 0 Å². The first-order valence-corrected chi connectivity index (χ1v) is 8.33. The van der Waals surface area contributed by atoms with Crippen molar-refractivity contribution in [3.8, 4) is 5.75 Å². The molecule has 1 fully saturated rings. The number of para-hydroxylation sites is 1. The molecule has 1 aromatic carbocycles. The van der Waals surface area contributed by atoms with Crippen LogP contribution in [0.1, 0.15) is 26.2 Å². The number of hydrogen-bond donors (Lipinski definition) is 1. The minimum absolute atomic E-state index is 0.140. The lowest BCUT2D eigenvalue weighted by molar-refractivity contribution is 0.226. The summed E-state index contributed by atoms with van der Waals surface area (Å²) in [7, 11) is -2.09. The second-order valence-electron chi connectivity index (χ2n) is 5.19. The zero-order valence-corrected chi connectivity index (χ0v) is 12.8. The van der Waals surface area contributed by atoms with Crippen LogP contribution in [0, 0.1) is 0 Å². The predicted molar refractivity (Wildman–Crippen MR) is 78.2 cm³/mol. The van der Waals surface area contributed by atoms with E-state index in [1.807, 2.05) is 6.92 Å². The van der Waals surface area contributed by atoms with Crippen LogP contribution in [0.15, 0.2) is 29.2 Å². The van der Waals surface area contributed by atoms with Gasteiger partial charge in [0.25, 0.3) is 0 Å². The van der Waals surface area contributed by atoms with E-state index in [4.69, 9.17) is 10.5 Å². The lowest BCUT2D eigenvalue weighted by Gasteiger charge is -2.37. The summed E-state index contributed by atoms with van der Waals surface area (Å²) in [6.07, 6.45) is 2.70. The zero-order valence-electron chi connectivity index (χ0n) is 12.0. The molecule has 0 aliphatic carbocycles. The van der Waals surface area contributed by atoms with Gasteiger partial charge >= 0.3 is 0 Å². The fourth-order valence-electron chi connectivity index (χ4n) is 2.71. The quantitative estimate of drug-likeness (QED) is 0.916. The van der Waals surface area contributed by atoms with Gasteiger partial charge in [0.1, 0.15) is 10.6 Å².